The zero-order valence-electron chi connectivity index (χ0n) is 17.8. The Morgan fingerprint density at radius 2 is 1.77 bits per heavy atom. The molecule has 0 atom stereocenters. The maximum Gasteiger partial charge on any atom is 0.410 e. The predicted molar refractivity (Wildman–Crippen MR) is 118 cm³/mol. The summed E-state index contributed by atoms with van der Waals surface area (Å²) in [6.45, 7) is 6.71. The summed E-state index contributed by atoms with van der Waals surface area (Å²) in [6.07, 6.45) is 1.21. The number of hydrogen-bond donors (Lipinski definition) is 3. The van der Waals surface area contributed by atoms with Crippen molar-refractivity contribution in [2.24, 2.45) is 0 Å². The number of ether oxygens (including phenoxy) is 1. The number of carbonyl (C=O) groups excluding carboxylic acids is 3. The van der Waals surface area contributed by atoms with E-state index in [1.807, 2.05) is 26.8 Å². The first-order valence-corrected chi connectivity index (χ1v) is 10.9. The van der Waals surface area contributed by atoms with Crippen LogP contribution in [0.15, 0.2) is 35.7 Å². The van der Waals surface area contributed by atoms with E-state index in [4.69, 9.17) is 4.74 Å². The van der Waals surface area contributed by atoms with Crippen molar-refractivity contribution in [3.63, 3.8) is 0 Å². The Kier molecular flexibility index (Phi) is 7.11. The minimum Gasteiger partial charge on any atom is -0.444 e. The van der Waals surface area contributed by atoms with Gasteiger partial charge in [0.15, 0.2) is 0 Å². The Balaban J connectivity index is 1.46. The molecular formula is C21H27N5O4S. The molecule has 166 valence electrons. The number of likely N-dealkylation sites (tertiary alicyclic amines) is 1. The average molecular weight is 446 g/mol. The van der Waals surface area contributed by atoms with Gasteiger partial charge in [-0.2, -0.15) is 0 Å². The Morgan fingerprint density at radius 1 is 1.10 bits per heavy atom. The van der Waals surface area contributed by atoms with Gasteiger partial charge in [0, 0.05) is 30.1 Å². The Morgan fingerprint density at radius 3 is 2.42 bits per heavy atom. The molecule has 0 radical (unpaired) electrons. The van der Waals surface area contributed by atoms with E-state index in [9.17, 15) is 14.4 Å². The Hall–Kier alpha value is -3.14. The van der Waals surface area contributed by atoms with Crippen LogP contribution in [0.3, 0.4) is 0 Å². The molecule has 1 aliphatic rings. The van der Waals surface area contributed by atoms with Crippen LogP contribution >= 0.6 is 11.3 Å². The topological polar surface area (TPSA) is 113 Å². The predicted octanol–water partition coefficient (Wildman–Crippen LogP) is 3.72. The number of thiazole rings is 1. The van der Waals surface area contributed by atoms with Gasteiger partial charge in [0.05, 0.1) is 5.01 Å². The summed E-state index contributed by atoms with van der Waals surface area (Å²) in [6, 6.07) is 8.35. The molecule has 0 unspecified atom stereocenters. The zero-order valence-corrected chi connectivity index (χ0v) is 18.6. The maximum atomic E-state index is 12.3. The van der Waals surface area contributed by atoms with E-state index in [0.29, 0.717) is 18.8 Å². The van der Waals surface area contributed by atoms with Crippen LogP contribution < -0.4 is 16.2 Å². The number of amides is 4. The molecule has 0 saturated carbocycles. The van der Waals surface area contributed by atoms with Gasteiger partial charge in [-0.05, 0) is 45.7 Å². The molecule has 3 rings (SSSR count). The summed E-state index contributed by atoms with van der Waals surface area (Å²) < 4.78 is 5.42. The second-order valence-electron chi connectivity index (χ2n) is 8.21. The van der Waals surface area contributed by atoms with Crippen LogP contribution in [0.2, 0.25) is 0 Å². The van der Waals surface area contributed by atoms with E-state index >= 15 is 0 Å². The van der Waals surface area contributed by atoms with E-state index in [1.165, 1.54) is 11.3 Å². The standard InChI is InChI=1S/C21H27N5O4S/c1-21(2,3)30-20(29)26-11-9-14(10-12-26)18-23-16(13-31-18)17(27)24-25-19(28)22-15-7-5-4-6-8-15/h4-8,13-14H,9-12H2,1-3H3,(H,24,27)(H2,22,25,28). The number of carbonyl (C=O) groups is 3. The summed E-state index contributed by atoms with van der Waals surface area (Å²) >= 11 is 1.41. The molecule has 9 nitrogen and oxygen atoms in total. The molecule has 10 heteroatoms. The first kappa shape index (κ1) is 22.5. The number of anilines is 1. The number of aromatic nitrogens is 1. The van der Waals surface area contributed by atoms with Crippen LogP contribution in [0.4, 0.5) is 15.3 Å². The van der Waals surface area contributed by atoms with Crippen LogP contribution in [-0.4, -0.2) is 46.6 Å². The molecule has 31 heavy (non-hydrogen) atoms. The van der Waals surface area contributed by atoms with Crippen LogP contribution in [0.5, 0.6) is 0 Å². The molecule has 0 aliphatic carbocycles. The van der Waals surface area contributed by atoms with Gasteiger partial charge in [-0.25, -0.2) is 20.0 Å². The number of benzene rings is 1. The monoisotopic (exact) mass is 445 g/mol. The third-order valence-electron chi connectivity index (χ3n) is 4.57. The number of hydrazine groups is 1. The van der Waals surface area contributed by atoms with Gasteiger partial charge in [0.2, 0.25) is 0 Å². The number of piperidine rings is 1. The summed E-state index contributed by atoms with van der Waals surface area (Å²) in [5.41, 5.74) is 5.01. The highest BCUT2D eigenvalue weighted by Gasteiger charge is 2.29. The lowest BCUT2D eigenvalue weighted by atomic mass is 9.98. The van der Waals surface area contributed by atoms with Gasteiger partial charge in [-0.15, -0.1) is 11.3 Å². The minimum absolute atomic E-state index is 0.180. The van der Waals surface area contributed by atoms with E-state index in [0.717, 1.165) is 17.8 Å². The van der Waals surface area contributed by atoms with Crippen LogP contribution in [0, 0.1) is 0 Å². The summed E-state index contributed by atoms with van der Waals surface area (Å²) in [5, 5.41) is 5.13. The van der Waals surface area contributed by atoms with E-state index in [-0.39, 0.29) is 17.7 Å². The van der Waals surface area contributed by atoms with Gasteiger partial charge in [0.25, 0.3) is 5.91 Å². The number of urea groups is 1. The van der Waals surface area contributed by atoms with Crippen molar-refractivity contribution in [3.05, 3.63) is 46.4 Å². The van der Waals surface area contributed by atoms with Crippen LogP contribution in [0.1, 0.15) is 55.0 Å². The third-order valence-corrected chi connectivity index (χ3v) is 5.58. The highest BCUT2D eigenvalue weighted by atomic mass is 32.1. The van der Waals surface area contributed by atoms with Crippen molar-refractivity contribution >= 4 is 35.1 Å². The maximum absolute atomic E-state index is 12.3. The molecule has 3 N–H and O–H groups in total. The second-order valence-corrected chi connectivity index (χ2v) is 9.10. The van der Waals surface area contributed by atoms with Gasteiger partial charge in [0.1, 0.15) is 11.3 Å². The second kappa shape index (κ2) is 9.78. The average Bonchev–Trinajstić information content (AvgIpc) is 3.22. The largest absolute Gasteiger partial charge is 0.444 e. The molecule has 1 aliphatic heterocycles. The van der Waals surface area contributed by atoms with Crippen molar-refractivity contribution in [3.8, 4) is 0 Å². The molecule has 4 amide bonds. The van der Waals surface area contributed by atoms with Gasteiger partial charge < -0.3 is 15.0 Å². The number of hydrogen-bond acceptors (Lipinski definition) is 6. The van der Waals surface area contributed by atoms with Crippen molar-refractivity contribution < 1.29 is 19.1 Å². The van der Waals surface area contributed by atoms with Crippen molar-refractivity contribution in [2.75, 3.05) is 18.4 Å². The lowest BCUT2D eigenvalue weighted by molar-refractivity contribution is 0.0204. The molecule has 2 heterocycles. The Labute approximate surface area is 185 Å². The molecule has 1 saturated heterocycles. The van der Waals surface area contributed by atoms with Crippen LogP contribution in [-0.2, 0) is 4.74 Å². The fourth-order valence-corrected chi connectivity index (χ4v) is 4.05. The summed E-state index contributed by atoms with van der Waals surface area (Å²) in [7, 11) is 0. The first-order valence-electron chi connectivity index (χ1n) is 10.1. The SMILES string of the molecule is CC(C)(C)OC(=O)N1CCC(c2nc(C(=O)NNC(=O)Nc3ccccc3)cs2)CC1. The fourth-order valence-electron chi connectivity index (χ4n) is 3.08. The minimum atomic E-state index is -0.551. The highest BCUT2D eigenvalue weighted by Crippen LogP contribution is 2.30. The Bertz CT molecular complexity index is 917. The summed E-state index contributed by atoms with van der Waals surface area (Å²) in [5.74, 6) is -0.309. The van der Waals surface area contributed by atoms with Gasteiger partial charge in [-0.3, -0.25) is 10.2 Å². The van der Waals surface area contributed by atoms with E-state index < -0.39 is 17.5 Å². The van der Waals surface area contributed by atoms with E-state index in [1.54, 1.807) is 34.5 Å². The first-order chi connectivity index (χ1) is 14.7. The molecular weight excluding hydrogens is 418 g/mol. The molecule has 0 spiro atoms. The fraction of sp³-hybridized carbons (Fsp3) is 0.429. The molecule has 1 aromatic heterocycles. The smallest absolute Gasteiger partial charge is 0.410 e. The lowest BCUT2D eigenvalue weighted by Gasteiger charge is -2.32. The van der Waals surface area contributed by atoms with Gasteiger partial charge >= 0.3 is 12.1 Å². The lowest BCUT2D eigenvalue weighted by Crippen LogP contribution is -2.44. The van der Waals surface area contributed by atoms with Crippen LogP contribution in [0.25, 0.3) is 0 Å². The number of nitrogens with zero attached hydrogens (tertiary/aromatic N) is 2. The number of rotatable bonds is 3. The normalized spacial score (nSPS) is 14.6. The molecule has 1 aromatic carbocycles. The molecule has 2 aromatic rings. The highest BCUT2D eigenvalue weighted by molar-refractivity contribution is 7.09. The van der Waals surface area contributed by atoms with Crippen molar-refractivity contribution in [1.82, 2.24) is 20.7 Å². The third kappa shape index (κ3) is 6.68. The molecule has 0 bridgehead atoms. The van der Waals surface area contributed by atoms with E-state index in [2.05, 4.69) is 21.2 Å². The zero-order chi connectivity index (χ0) is 22.4. The van der Waals surface area contributed by atoms with Crippen molar-refractivity contribution in [1.29, 1.82) is 0 Å². The number of para-hydroxylation sites is 1. The number of nitrogens with one attached hydrogen (secondary N) is 3. The van der Waals surface area contributed by atoms with Gasteiger partial charge in [-0.1, -0.05) is 18.2 Å². The quantitative estimate of drug-likeness (QED) is 0.623. The summed E-state index contributed by atoms with van der Waals surface area (Å²) in [4.78, 5) is 42.5. The van der Waals surface area contributed by atoms with Crippen molar-refractivity contribution in [2.45, 2.75) is 45.1 Å². The molecule has 1 fully saturated rings.